The fourth-order valence-electron chi connectivity index (χ4n) is 1.15. The van der Waals surface area contributed by atoms with Gasteiger partial charge in [0.2, 0.25) is 0 Å². The zero-order valence-electron chi connectivity index (χ0n) is 9.51. The predicted octanol–water partition coefficient (Wildman–Crippen LogP) is 0.0971. The second kappa shape index (κ2) is 5.93. The van der Waals surface area contributed by atoms with Crippen LogP contribution in [0.1, 0.15) is 22.4 Å². The second-order valence-electron chi connectivity index (χ2n) is 3.61. The number of nitrogens with zero attached hydrogens (tertiary/aromatic N) is 2. The van der Waals surface area contributed by atoms with Crippen molar-refractivity contribution in [2.75, 3.05) is 20.2 Å². The van der Waals surface area contributed by atoms with E-state index in [1.165, 1.54) is 16.2 Å². The summed E-state index contributed by atoms with van der Waals surface area (Å²) in [6.07, 6.45) is 0.692. The molecule has 6 heteroatoms. The summed E-state index contributed by atoms with van der Waals surface area (Å²) in [5.41, 5.74) is 5.84. The quantitative estimate of drug-likeness (QED) is 0.768. The molecule has 0 saturated carbocycles. The van der Waals surface area contributed by atoms with Crippen LogP contribution in [0.5, 0.6) is 0 Å². The van der Waals surface area contributed by atoms with Crippen molar-refractivity contribution in [3.8, 4) is 0 Å². The topological polar surface area (TPSA) is 79.5 Å². The number of likely N-dealkylation sites (N-methyl/N-ethyl adjacent to an activating group) is 1. The van der Waals surface area contributed by atoms with Gasteiger partial charge in [0.15, 0.2) is 0 Å². The van der Waals surface area contributed by atoms with Gasteiger partial charge in [-0.05, 0) is 13.5 Å². The minimum Gasteiger partial charge on any atom is -0.394 e. The lowest BCUT2D eigenvalue weighted by atomic mass is 10.3. The van der Waals surface area contributed by atoms with E-state index < -0.39 is 0 Å². The molecule has 1 amide bonds. The van der Waals surface area contributed by atoms with Crippen LogP contribution in [0.4, 0.5) is 0 Å². The number of aromatic nitrogens is 1. The molecule has 1 aromatic heterocycles. The van der Waals surface area contributed by atoms with Gasteiger partial charge in [0.25, 0.3) is 5.91 Å². The Labute approximate surface area is 98.9 Å². The van der Waals surface area contributed by atoms with E-state index in [4.69, 9.17) is 10.8 Å². The van der Waals surface area contributed by atoms with Gasteiger partial charge in [-0.25, -0.2) is 4.98 Å². The first-order valence-corrected chi connectivity index (χ1v) is 6.00. The van der Waals surface area contributed by atoms with Crippen molar-refractivity contribution in [2.45, 2.75) is 19.4 Å². The van der Waals surface area contributed by atoms with Gasteiger partial charge in [-0.1, -0.05) is 0 Å². The van der Waals surface area contributed by atoms with Crippen molar-refractivity contribution in [3.63, 3.8) is 0 Å². The first kappa shape index (κ1) is 13.1. The normalized spacial score (nSPS) is 12.5. The average molecular weight is 243 g/mol. The molecule has 0 bridgehead atoms. The summed E-state index contributed by atoms with van der Waals surface area (Å²) in [5.74, 6) is -0.166. The molecule has 1 atom stereocenters. The van der Waals surface area contributed by atoms with Crippen molar-refractivity contribution >= 4 is 17.2 Å². The number of carbonyl (C=O) groups is 1. The molecule has 1 rings (SSSR count). The van der Waals surface area contributed by atoms with E-state index in [1.807, 2.05) is 0 Å². The minimum atomic E-state index is -0.202. The number of carbonyl (C=O) groups excluding carboxylic acids is 1. The highest BCUT2D eigenvalue weighted by Gasteiger charge is 2.19. The van der Waals surface area contributed by atoms with Crippen LogP contribution in [0, 0.1) is 0 Å². The van der Waals surface area contributed by atoms with E-state index in [0.29, 0.717) is 18.7 Å². The largest absolute Gasteiger partial charge is 0.394 e. The van der Waals surface area contributed by atoms with Crippen molar-refractivity contribution < 1.29 is 9.90 Å². The maximum Gasteiger partial charge on any atom is 0.273 e. The molecule has 0 aliphatic rings. The molecule has 16 heavy (non-hydrogen) atoms. The van der Waals surface area contributed by atoms with Crippen molar-refractivity contribution in [2.24, 2.45) is 5.73 Å². The first-order valence-electron chi connectivity index (χ1n) is 5.12. The SMILES string of the molecule is CC(CO)N(C)C(=O)c1csc(CCN)n1. The highest BCUT2D eigenvalue weighted by molar-refractivity contribution is 7.09. The van der Waals surface area contributed by atoms with Crippen molar-refractivity contribution in [1.82, 2.24) is 9.88 Å². The lowest BCUT2D eigenvalue weighted by molar-refractivity contribution is 0.0677. The molecule has 3 N–H and O–H groups in total. The fraction of sp³-hybridized carbons (Fsp3) is 0.600. The number of amides is 1. The van der Waals surface area contributed by atoms with Gasteiger partial charge in [-0.3, -0.25) is 4.79 Å². The van der Waals surface area contributed by atoms with Gasteiger partial charge in [0.1, 0.15) is 5.69 Å². The lowest BCUT2D eigenvalue weighted by Gasteiger charge is -2.21. The molecule has 0 saturated heterocycles. The Morgan fingerprint density at radius 2 is 2.44 bits per heavy atom. The van der Waals surface area contributed by atoms with Gasteiger partial charge in [0, 0.05) is 18.8 Å². The Balaban J connectivity index is 2.72. The maximum atomic E-state index is 11.9. The lowest BCUT2D eigenvalue weighted by Crippen LogP contribution is -2.37. The molecule has 90 valence electrons. The summed E-state index contributed by atoms with van der Waals surface area (Å²) >= 11 is 1.44. The van der Waals surface area contributed by atoms with Crippen LogP contribution in [0.2, 0.25) is 0 Å². The van der Waals surface area contributed by atoms with Crippen LogP contribution in [-0.2, 0) is 6.42 Å². The molecule has 0 aliphatic heterocycles. The zero-order valence-corrected chi connectivity index (χ0v) is 10.3. The molecule has 0 aliphatic carbocycles. The average Bonchev–Trinajstić information content (AvgIpc) is 2.75. The number of hydrogen-bond acceptors (Lipinski definition) is 5. The van der Waals surface area contributed by atoms with Gasteiger partial charge < -0.3 is 15.7 Å². The number of rotatable bonds is 5. The summed E-state index contributed by atoms with van der Waals surface area (Å²) in [5, 5.41) is 11.6. The third kappa shape index (κ3) is 3.01. The van der Waals surface area contributed by atoms with E-state index in [1.54, 1.807) is 19.4 Å². The molecule has 0 radical (unpaired) electrons. The fourth-order valence-corrected chi connectivity index (χ4v) is 1.94. The third-order valence-electron chi connectivity index (χ3n) is 2.37. The molecule has 0 fully saturated rings. The van der Waals surface area contributed by atoms with Gasteiger partial charge in [-0.2, -0.15) is 0 Å². The Morgan fingerprint density at radius 3 is 3.00 bits per heavy atom. The van der Waals surface area contributed by atoms with Crippen LogP contribution in [0.15, 0.2) is 5.38 Å². The predicted molar refractivity (Wildman–Crippen MR) is 63.5 cm³/mol. The Hall–Kier alpha value is -0.980. The standard InChI is InChI=1S/C10H17N3O2S/c1-7(5-14)13(2)10(15)8-6-16-9(12-8)3-4-11/h6-7,14H,3-5,11H2,1-2H3. The molecule has 1 aromatic rings. The number of nitrogens with two attached hydrogens (primary N) is 1. The van der Waals surface area contributed by atoms with Crippen molar-refractivity contribution in [1.29, 1.82) is 0 Å². The van der Waals surface area contributed by atoms with Crippen LogP contribution in [0.3, 0.4) is 0 Å². The summed E-state index contributed by atoms with van der Waals surface area (Å²) in [6.45, 7) is 2.26. The number of aliphatic hydroxyl groups excluding tert-OH is 1. The third-order valence-corrected chi connectivity index (χ3v) is 3.28. The molecule has 0 aromatic carbocycles. The van der Waals surface area contributed by atoms with Gasteiger partial charge in [0.05, 0.1) is 17.7 Å². The van der Waals surface area contributed by atoms with Crippen LogP contribution in [-0.4, -0.2) is 47.1 Å². The maximum absolute atomic E-state index is 11.9. The molecular weight excluding hydrogens is 226 g/mol. The Kier molecular flexibility index (Phi) is 4.85. The van der Waals surface area contributed by atoms with Crippen LogP contribution < -0.4 is 5.73 Å². The van der Waals surface area contributed by atoms with E-state index in [0.717, 1.165) is 5.01 Å². The Bertz CT molecular complexity index is 354. The summed E-state index contributed by atoms with van der Waals surface area (Å²) in [7, 11) is 1.66. The molecule has 1 heterocycles. The van der Waals surface area contributed by atoms with Gasteiger partial charge in [-0.15, -0.1) is 11.3 Å². The van der Waals surface area contributed by atoms with Crippen molar-refractivity contribution in [3.05, 3.63) is 16.1 Å². The Morgan fingerprint density at radius 1 is 1.75 bits per heavy atom. The van der Waals surface area contributed by atoms with E-state index in [-0.39, 0.29) is 18.6 Å². The smallest absolute Gasteiger partial charge is 0.273 e. The summed E-state index contributed by atoms with van der Waals surface area (Å²) < 4.78 is 0. The molecular formula is C10H17N3O2S. The second-order valence-corrected chi connectivity index (χ2v) is 4.56. The summed E-state index contributed by atoms with van der Waals surface area (Å²) in [6, 6.07) is -0.202. The number of hydrogen-bond donors (Lipinski definition) is 2. The van der Waals surface area contributed by atoms with E-state index in [2.05, 4.69) is 4.98 Å². The number of thiazole rings is 1. The van der Waals surface area contributed by atoms with Crippen LogP contribution >= 0.6 is 11.3 Å². The van der Waals surface area contributed by atoms with E-state index in [9.17, 15) is 4.79 Å². The highest BCUT2D eigenvalue weighted by Crippen LogP contribution is 2.12. The molecule has 5 nitrogen and oxygen atoms in total. The van der Waals surface area contributed by atoms with E-state index >= 15 is 0 Å². The van der Waals surface area contributed by atoms with Crippen LogP contribution in [0.25, 0.3) is 0 Å². The minimum absolute atomic E-state index is 0.0535. The molecule has 0 spiro atoms. The monoisotopic (exact) mass is 243 g/mol. The molecule has 1 unspecified atom stereocenters. The highest BCUT2D eigenvalue weighted by atomic mass is 32.1. The first-order chi connectivity index (χ1) is 7.60. The van der Waals surface area contributed by atoms with Gasteiger partial charge >= 0.3 is 0 Å². The number of aliphatic hydroxyl groups is 1. The summed E-state index contributed by atoms with van der Waals surface area (Å²) in [4.78, 5) is 17.6. The zero-order chi connectivity index (χ0) is 12.1.